The Bertz CT molecular complexity index is 669. The normalized spacial score (nSPS) is 11.8. The zero-order valence-corrected chi connectivity index (χ0v) is 15.5. The minimum atomic E-state index is 0.726. The van der Waals surface area contributed by atoms with E-state index in [1.54, 1.807) is 11.3 Å². The molecule has 0 atom stereocenters. The molecule has 5 nitrogen and oxygen atoms in total. The second kappa shape index (κ2) is 8.15. The average molecular weight is 334 g/mol. The van der Waals surface area contributed by atoms with Crippen LogP contribution in [0.15, 0.2) is 16.4 Å². The lowest BCUT2D eigenvalue weighted by Crippen LogP contribution is -2.38. The van der Waals surface area contributed by atoms with Gasteiger partial charge in [-0.25, -0.2) is 4.99 Å². The van der Waals surface area contributed by atoms with Crippen molar-refractivity contribution < 1.29 is 0 Å². The van der Waals surface area contributed by atoms with Gasteiger partial charge in [-0.15, -0.1) is 11.3 Å². The molecule has 0 amide bonds. The van der Waals surface area contributed by atoms with Crippen LogP contribution in [0.2, 0.25) is 0 Å². The van der Waals surface area contributed by atoms with Crippen LogP contribution in [0.3, 0.4) is 0 Å². The predicted octanol–water partition coefficient (Wildman–Crippen LogP) is 2.70. The van der Waals surface area contributed by atoms with Crippen molar-refractivity contribution in [1.82, 2.24) is 20.4 Å². The maximum absolute atomic E-state index is 4.68. The van der Waals surface area contributed by atoms with Crippen molar-refractivity contribution in [3.63, 3.8) is 0 Å². The first-order valence-electron chi connectivity index (χ1n) is 8.07. The molecule has 0 aromatic carbocycles. The zero-order valence-electron chi connectivity index (χ0n) is 14.7. The predicted molar refractivity (Wildman–Crippen MR) is 98.3 cm³/mol. The van der Waals surface area contributed by atoms with Crippen LogP contribution in [0.1, 0.15) is 34.3 Å². The van der Waals surface area contributed by atoms with E-state index < -0.39 is 0 Å². The molecule has 0 fully saturated rings. The van der Waals surface area contributed by atoms with Gasteiger partial charge in [-0.05, 0) is 56.7 Å². The fourth-order valence-corrected chi connectivity index (χ4v) is 3.37. The molecule has 2 aromatic rings. The summed E-state index contributed by atoms with van der Waals surface area (Å²) in [6.07, 6.45) is 0.952. The van der Waals surface area contributed by atoms with E-state index in [4.69, 9.17) is 0 Å². The monoisotopic (exact) mass is 333 g/mol. The maximum Gasteiger partial charge on any atom is 0.191 e. The van der Waals surface area contributed by atoms with Crippen LogP contribution >= 0.6 is 11.3 Å². The highest BCUT2D eigenvalue weighted by molar-refractivity contribution is 7.10. The van der Waals surface area contributed by atoms with Crippen LogP contribution in [-0.4, -0.2) is 28.8 Å². The fraction of sp³-hybridized carbons (Fsp3) is 0.529. The van der Waals surface area contributed by atoms with Crippen molar-refractivity contribution in [2.24, 2.45) is 12.0 Å². The molecule has 0 aliphatic carbocycles. The first kappa shape index (κ1) is 17.5. The summed E-state index contributed by atoms with van der Waals surface area (Å²) in [7, 11) is 1.99. The highest BCUT2D eigenvalue weighted by Gasteiger charge is 2.09. The summed E-state index contributed by atoms with van der Waals surface area (Å²) in [4.78, 5) is 6.00. The third-order valence-electron chi connectivity index (χ3n) is 4.02. The molecular weight excluding hydrogens is 306 g/mol. The minimum absolute atomic E-state index is 0.726. The molecule has 2 aromatic heterocycles. The van der Waals surface area contributed by atoms with Crippen molar-refractivity contribution in [1.29, 1.82) is 0 Å². The third-order valence-corrected chi connectivity index (χ3v) is 5.03. The number of hydrogen-bond donors (Lipinski definition) is 2. The van der Waals surface area contributed by atoms with E-state index in [9.17, 15) is 0 Å². The van der Waals surface area contributed by atoms with Gasteiger partial charge in [0.15, 0.2) is 5.96 Å². The molecule has 2 N–H and O–H groups in total. The molecule has 126 valence electrons. The SMILES string of the molecule is CCNC(=NCc1sccc1C)NCCc1c(C)nn(C)c1C. The minimum Gasteiger partial charge on any atom is -0.357 e. The Hall–Kier alpha value is -1.82. The molecule has 0 aliphatic heterocycles. The van der Waals surface area contributed by atoms with Crippen LogP contribution in [0.4, 0.5) is 0 Å². The third kappa shape index (κ3) is 4.58. The van der Waals surface area contributed by atoms with Gasteiger partial charge < -0.3 is 10.6 Å². The number of aliphatic imine (C=N–C) groups is 1. The van der Waals surface area contributed by atoms with Crippen LogP contribution in [0.25, 0.3) is 0 Å². The smallest absolute Gasteiger partial charge is 0.191 e. The number of guanidine groups is 1. The molecule has 6 heteroatoms. The van der Waals surface area contributed by atoms with Gasteiger partial charge in [-0.2, -0.15) is 5.10 Å². The van der Waals surface area contributed by atoms with Crippen molar-refractivity contribution in [2.75, 3.05) is 13.1 Å². The number of rotatable bonds is 6. The molecule has 0 spiro atoms. The van der Waals surface area contributed by atoms with Gasteiger partial charge in [0.05, 0.1) is 12.2 Å². The molecule has 2 heterocycles. The summed E-state index contributed by atoms with van der Waals surface area (Å²) in [5.74, 6) is 0.875. The fourth-order valence-electron chi connectivity index (χ4n) is 2.54. The molecule has 0 bridgehead atoms. The molecule has 0 aliphatic rings. The zero-order chi connectivity index (χ0) is 16.8. The van der Waals surface area contributed by atoms with Gasteiger partial charge >= 0.3 is 0 Å². The average Bonchev–Trinajstić information content (AvgIpc) is 3.02. The summed E-state index contributed by atoms with van der Waals surface area (Å²) in [5.41, 5.74) is 4.99. The van der Waals surface area contributed by atoms with Crippen molar-refractivity contribution in [3.8, 4) is 0 Å². The first-order chi connectivity index (χ1) is 11.0. The Balaban J connectivity index is 1.93. The number of thiophene rings is 1. The number of hydrogen-bond acceptors (Lipinski definition) is 3. The van der Waals surface area contributed by atoms with Crippen LogP contribution in [0.5, 0.6) is 0 Å². The highest BCUT2D eigenvalue weighted by Crippen LogP contribution is 2.16. The number of aryl methyl sites for hydroxylation is 3. The summed E-state index contributed by atoms with van der Waals surface area (Å²) >= 11 is 1.76. The Labute approximate surface area is 142 Å². The maximum atomic E-state index is 4.68. The van der Waals surface area contributed by atoms with E-state index in [0.717, 1.165) is 37.7 Å². The van der Waals surface area contributed by atoms with E-state index in [2.05, 4.69) is 59.9 Å². The van der Waals surface area contributed by atoms with Crippen LogP contribution in [-0.2, 0) is 20.0 Å². The Kier molecular flexibility index (Phi) is 6.21. The number of aromatic nitrogens is 2. The lowest BCUT2D eigenvalue weighted by molar-refractivity contribution is 0.729. The van der Waals surface area contributed by atoms with Gasteiger partial charge in [0.1, 0.15) is 0 Å². The summed E-state index contributed by atoms with van der Waals surface area (Å²) < 4.78 is 1.95. The van der Waals surface area contributed by atoms with Crippen molar-refractivity contribution in [2.45, 2.75) is 40.7 Å². The lowest BCUT2D eigenvalue weighted by Gasteiger charge is -2.11. The van der Waals surface area contributed by atoms with Crippen LogP contribution in [0, 0.1) is 20.8 Å². The topological polar surface area (TPSA) is 54.2 Å². The molecule has 0 saturated carbocycles. The second-order valence-corrected chi connectivity index (χ2v) is 6.67. The van der Waals surface area contributed by atoms with Crippen molar-refractivity contribution in [3.05, 3.63) is 38.8 Å². The Morgan fingerprint density at radius 2 is 2.09 bits per heavy atom. The first-order valence-corrected chi connectivity index (χ1v) is 8.95. The van der Waals surface area contributed by atoms with E-state index in [-0.39, 0.29) is 0 Å². The summed E-state index contributed by atoms with van der Waals surface area (Å²) in [6.45, 7) is 10.8. The van der Waals surface area contributed by atoms with Crippen LogP contribution < -0.4 is 10.6 Å². The van der Waals surface area contributed by atoms with Gasteiger partial charge in [0.2, 0.25) is 0 Å². The molecule has 23 heavy (non-hydrogen) atoms. The van der Waals surface area contributed by atoms with E-state index in [0.29, 0.717) is 0 Å². The van der Waals surface area contributed by atoms with Crippen molar-refractivity contribution >= 4 is 17.3 Å². The quantitative estimate of drug-likeness (QED) is 0.631. The Morgan fingerprint density at radius 1 is 1.30 bits per heavy atom. The standard InChI is InChI=1S/C17H27N5S/c1-6-18-17(20-11-16-12(2)8-10-23-16)19-9-7-15-13(3)21-22(5)14(15)4/h8,10H,6-7,9,11H2,1-5H3,(H2,18,19,20). The summed E-state index contributed by atoms with van der Waals surface area (Å²) in [6, 6.07) is 2.14. The largest absolute Gasteiger partial charge is 0.357 e. The molecular formula is C17H27N5S. The van der Waals surface area contributed by atoms with Gasteiger partial charge in [0.25, 0.3) is 0 Å². The number of nitrogens with zero attached hydrogens (tertiary/aromatic N) is 3. The highest BCUT2D eigenvalue weighted by atomic mass is 32.1. The molecule has 2 rings (SSSR count). The van der Waals surface area contributed by atoms with E-state index in [1.807, 2.05) is 11.7 Å². The Morgan fingerprint density at radius 3 is 2.65 bits per heavy atom. The molecule has 0 unspecified atom stereocenters. The second-order valence-electron chi connectivity index (χ2n) is 5.67. The number of nitrogens with one attached hydrogen (secondary N) is 2. The lowest BCUT2D eigenvalue weighted by atomic mass is 10.1. The van der Waals surface area contributed by atoms with Gasteiger partial charge in [-0.1, -0.05) is 0 Å². The van der Waals surface area contributed by atoms with E-state index >= 15 is 0 Å². The van der Waals surface area contributed by atoms with E-state index in [1.165, 1.54) is 21.7 Å². The molecule has 0 radical (unpaired) electrons. The summed E-state index contributed by atoms with van der Waals surface area (Å²) in [5, 5.41) is 13.3. The molecule has 0 saturated heterocycles. The van der Waals surface area contributed by atoms with Gasteiger partial charge in [0, 0.05) is 30.7 Å². The van der Waals surface area contributed by atoms with Gasteiger partial charge in [-0.3, -0.25) is 4.68 Å².